The third-order valence-electron chi connectivity index (χ3n) is 2.60. The minimum Gasteiger partial charge on any atom is -0.308 e. The molecule has 1 heterocycles. The Labute approximate surface area is 101 Å². The van der Waals surface area contributed by atoms with Crippen molar-refractivity contribution in [1.82, 2.24) is 20.7 Å². The molecule has 0 unspecified atom stereocenters. The number of hydrogen-bond donors (Lipinski definition) is 2. The molecular formula is C13H16N4. The molecule has 4 nitrogen and oxygen atoms in total. The van der Waals surface area contributed by atoms with Gasteiger partial charge in [0, 0.05) is 18.7 Å². The molecule has 2 N–H and O–H groups in total. The lowest BCUT2D eigenvalue weighted by Gasteiger charge is -2.04. The monoisotopic (exact) mass is 228 g/mol. The first-order valence-electron chi connectivity index (χ1n) is 5.60. The fourth-order valence-electron chi connectivity index (χ4n) is 1.72. The van der Waals surface area contributed by atoms with E-state index in [-0.39, 0.29) is 0 Å². The molecule has 1 aromatic carbocycles. The van der Waals surface area contributed by atoms with Gasteiger partial charge in [0.15, 0.2) is 0 Å². The minimum absolute atomic E-state index is 0.687. The molecule has 0 amide bonds. The molecule has 0 bridgehead atoms. The molecule has 0 spiro atoms. The summed E-state index contributed by atoms with van der Waals surface area (Å²) in [5, 5.41) is 14.3. The predicted molar refractivity (Wildman–Crippen MR) is 68.5 cm³/mol. The number of aromatic nitrogens is 3. The summed E-state index contributed by atoms with van der Waals surface area (Å²) in [5.41, 5.74) is 4.17. The van der Waals surface area contributed by atoms with Crippen LogP contribution in [0.15, 0.2) is 36.9 Å². The highest BCUT2D eigenvalue weighted by Crippen LogP contribution is 2.22. The molecular weight excluding hydrogens is 212 g/mol. The molecule has 17 heavy (non-hydrogen) atoms. The number of hydrogen-bond acceptors (Lipinski definition) is 3. The largest absolute Gasteiger partial charge is 0.308 e. The van der Waals surface area contributed by atoms with Crippen LogP contribution in [0.25, 0.3) is 11.3 Å². The zero-order valence-corrected chi connectivity index (χ0v) is 9.90. The number of rotatable bonds is 5. The highest BCUT2D eigenvalue weighted by atomic mass is 15.3. The van der Waals surface area contributed by atoms with Crippen LogP contribution in [-0.4, -0.2) is 22.0 Å². The third kappa shape index (κ3) is 2.60. The number of benzene rings is 1. The van der Waals surface area contributed by atoms with Gasteiger partial charge < -0.3 is 5.32 Å². The maximum Gasteiger partial charge on any atom is 0.117 e. The molecule has 0 fully saturated rings. The molecule has 0 aliphatic rings. The van der Waals surface area contributed by atoms with Crippen LogP contribution in [0.4, 0.5) is 0 Å². The summed E-state index contributed by atoms with van der Waals surface area (Å²) in [7, 11) is 0. The second-order valence-electron chi connectivity index (χ2n) is 3.85. The van der Waals surface area contributed by atoms with E-state index in [4.69, 9.17) is 0 Å². The summed E-state index contributed by atoms with van der Waals surface area (Å²) in [5.74, 6) is 0. The second-order valence-corrected chi connectivity index (χ2v) is 3.85. The van der Waals surface area contributed by atoms with Crippen molar-refractivity contribution in [3.63, 3.8) is 0 Å². The summed E-state index contributed by atoms with van der Waals surface area (Å²) in [4.78, 5) is 0. The first-order chi connectivity index (χ1) is 8.33. The third-order valence-corrected chi connectivity index (χ3v) is 2.60. The maximum atomic E-state index is 4.22. The lowest BCUT2D eigenvalue weighted by molar-refractivity contribution is 0.736. The number of aromatic amines is 1. The van der Waals surface area contributed by atoms with E-state index in [1.165, 1.54) is 5.56 Å². The Morgan fingerprint density at radius 1 is 1.35 bits per heavy atom. The van der Waals surface area contributed by atoms with Crippen molar-refractivity contribution in [2.45, 2.75) is 13.5 Å². The average Bonchev–Trinajstić information content (AvgIpc) is 2.78. The van der Waals surface area contributed by atoms with Crippen molar-refractivity contribution < 1.29 is 0 Å². The predicted octanol–water partition coefficient (Wildman–Crippen LogP) is 2.06. The highest BCUT2D eigenvalue weighted by molar-refractivity contribution is 5.64. The number of nitrogens with one attached hydrogen (secondary N) is 2. The quantitative estimate of drug-likeness (QED) is 0.608. The molecule has 4 heteroatoms. The Morgan fingerprint density at radius 2 is 2.18 bits per heavy atom. The van der Waals surface area contributed by atoms with Gasteiger partial charge in [0.1, 0.15) is 11.4 Å². The van der Waals surface area contributed by atoms with E-state index in [2.05, 4.69) is 46.4 Å². The Hall–Kier alpha value is -1.94. The van der Waals surface area contributed by atoms with Crippen LogP contribution in [0.2, 0.25) is 0 Å². The van der Waals surface area contributed by atoms with Crippen molar-refractivity contribution in [2.24, 2.45) is 0 Å². The fraction of sp³-hybridized carbons (Fsp3) is 0.231. The summed E-state index contributed by atoms with van der Waals surface area (Å²) in [6, 6.07) is 8.17. The van der Waals surface area contributed by atoms with Gasteiger partial charge in [-0.1, -0.05) is 30.3 Å². The normalized spacial score (nSPS) is 10.4. The van der Waals surface area contributed by atoms with Gasteiger partial charge in [-0.05, 0) is 12.5 Å². The van der Waals surface area contributed by atoms with Gasteiger partial charge in [-0.3, -0.25) is 0 Å². The summed E-state index contributed by atoms with van der Waals surface area (Å²) < 4.78 is 0. The van der Waals surface area contributed by atoms with E-state index in [1.54, 1.807) is 0 Å². The van der Waals surface area contributed by atoms with Crippen molar-refractivity contribution in [3.8, 4) is 11.3 Å². The molecule has 2 rings (SSSR count). The van der Waals surface area contributed by atoms with Crippen molar-refractivity contribution in [3.05, 3.63) is 48.2 Å². The zero-order chi connectivity index (χ0) is 12.1. The first kappa shape index (κ1) is 11.5. The first-order valence-corrected chi connectivity index (χ1v) is 5.60. The molecule has 0 aliphatic heterocycles. The molecule has 1 aromatic heterocycles. The van der Waals surface area contributed by atoms with Crippen LogP contribution in [0.5, 0.6) is 0 Å². The molecule has 0 saturated carbocycles. The Balaban J connectivity index is 2.24. The molecule has 0 saturated heterocycles. The van der Waals surface area contributed by atoms with E-state index in [0.29, 0.717) is 6.54 Å². The number of nitrogens with zero attached hydrogens (tertiary/aromatic N) is 2. The van der Waals surface area contributed by atoms with E-state index >= 15 is 0 Å². The van der Waals surface area contributed by atoms with Gasteiger partial charge in [0.25, 0.3) is 0 Å². The smallest absolute Gasteiger partial charge is 0.117 e. The number of H-pyrrole nitrogens is 1. The van der Waals surface area contributed by atoms with Crippen molar-refractivity contribution in [2.75, 3.05) is 6.54 Å². The molecule has 0 aliphatic carbocycles. The van der Waals surface area contributed by atoms with E-state index < -0.39 is 0 Å². The van der Waals surface area contributed by atoms with Gasteiger partial charge in [-0.15, -0.1) is 6.58 Å². The zero-order valence-electron chi connectivity index (χ0n) is 9.90. The Morgan fingerprint density at radius 3 is 2.94 bits per heavy atom. The van der Waals surface area contributed by atoms with Crippen LogP contribution < -0.4 is 5.32 Å². The molecule has 2 aromatic rings. The van der Waals surface area contributed by atoms with Crippen LogP contribution >= 0.6 is 0 Å². The average molecular weight is 228 g/mol. The van der Waals surface area contributed by atoms with Crippen molar-refractivity contribution >= 4 is 0 Å². The van der Waals surface area contributed by atoms with Gasteiger partial charge in [0.05, 0.1) is 0 Å². The van der Waals surface area contributed by atoms with E-state index in [9.17, 15) is 0 Å². The maximum absolute atomic E-state index is 4.22. The van der Waals surface area contributed by atoms with Crippen LogP contribution in [-0.2, 0) is 6.54 Å². The van der Waals surface area contributed by atoms with Crippen LogP contribution in [0.3, 0.4) is 0 Å². The van der Waals surface area contributed by atoms with E-state index in [1.807, 2.05) is 18.2 Å². The van der Waals surface area contributed by atoms with Gasteiger partial charge >= 0.3 is 0 Å². The van der Waals surface area contributed by atoms with Crippen LogP contribution in [0.1, 0.15) is 11.3 Å². The van der Waals surface area contributed by atoms with Gasteiger partial charge in [-0.25, -0.2) is 0 Å². The molecule has 88 valence electrons. The fourth-order valence-corrected chi connectivity index (χ4v) is 1.72. The lowest BCUT2D eigenvalue weighted by Crippen LogP contribution is -2.13. The highest BCUT2D eigenvalue weighted by Gasteiger charge is 2.11. The SMILES string of the molecule is C=CCNCc1n[nH]nc1-c1ccccc1C. The second kappa shape index (κ2) is 5.41. The van der Waals surface area contributed by atoms with Crippen LogP contribution in [0, 0.1) is 6.92 Å². The lowest BCUT2D eigenvalue weighted by atomic mass is 10.0. The molecule has 0 atom stereocenters. The number of aryl methyl sites for hydroxylation is 1. The standard InChI is InChI=1S/C13H16N4/c1-3-8-14-9-12-13(16-17-15-12)11-7-5-4-6-10(11)2/h3-7,14H,1,8-9H2,2H3,(H,15,16,17). The minimum atomic E-state index is 0.687. The van der Waals surface area contributed by atoms with Gasteiger partial charge in [-0.2, -0.15) is 15.4 Å². The topological polar surface area (TPSA) is 53.6 Å². The molecule has 0 radical (unpaired) electrons. The Kier molecular flexibility index (Phi) is 3.67. The summed E-state index contributed by atoms with van der Waals surface area (Å²) in [6.07, 6.45) is 1.83. The summed E-state index contributed by atoms with van der Waals surface area (Å²) >= 11 is 0. The summed E-state index contributed by atoms with van der Waals surface area (Å²) in [6.45, 7) is 7.19. The Bertz CT molecular complexity index is 502. The van der Waals surface area contributed by atoms with E-state index in [0.717, 1.165) is 23.5 Å². The van der Waals surface area contributed by atoms with Crippen molar-refractivity contribution in [1.29, 1.82) is 0 Å². The van der Waals surface area contributed by atoms with Gasteiger partial charge in [0.2, 0.25) is 0 Å².